The average Bonchev–Trinajstić information content (AvgIpc) is 3.48. The van der Waals surface area contributed by atoms with Crippen LogP contribution in [0.15, 0.2) is 59.2 Å². The fourth-order valence-electron chi connectivity index (χ4n) is 4.74. The van der Waals surface area contributed by atoms with Crippen molar-refractivity contribution < 1.29 is 18.7 Å². The number of nitrogens with zero attached hydrogens (tertiary/aromatic N) is 5. The molecule has 35 heavy (non-hydrogen) atoms. The number of benzene rings is 1. The zero-order valence-corrected chi connectivity index (χ0v) is 19.8. The van der Waals surface area contributed by atoms with Crippen LogP contribution in [-0.2, 0) is 4.79 Å². The van der Waals surface area contributed by atoms with Crippen LogP contribution in [0.25, 0.3) is 11.3 Å². The number of hydrogen-bond donors (Lipinski definition) is 0. The van der Waals surface area contributed by atoms with E-state index in [9.17, 15) is 9.59 Å². The lowest BCUT2D eigenvalue weighted by Gasteiger charge is -2.39. The molecule has 2 aliphatic rings. The molecule has 0 N–H and O–H groups in total. The summed E-state index contributed by atoms with van der Waals surface area (Å²) in [6.45, 7) is 3.59. The number of furan rings is 1. The molecule has 2 aliphatic heterocycles. The van der Waals surface area contributed by atoms with Crippen molar-refractivity contribution in [3.05, 3.63) is 60.6 Å². The Bertz CT molecular complexity index is 1140. The molecule has 1 atom stereocenters. The second kappa shape index (κ2) is 10.2. The maximum Gasteiger partial charge on any atom is 0.289 e. The van der Waals surface area contributed by atoms with Crippen LogP contribution in [0.3, 0.4) is 0 Å². The number of aromatic nitrogens is 2. The Labute approximate surface area is 204 Å². The van der Waals surface area contributed by atoms with Gasteiger partial charge in [-0.1, -0.05) is 0 Å². The van der Waals surface area contributed by atoms with Gasteiger partial charge < -0.3 is 23.9 Å². The molecule has 9 heteroatoms. The SMILES string of the molecule is COc1ccc(-c2ccc(N3CCC[C@@H](C(=O)N4CCN(C(=O)c5ccco5)CC4)C3)nn2)cc1. The lowest BCUT2D eigenvalue weighted by molar-refractivity contribution is -0.137. The standard InChI is InChI=1S/C26H29N5O4/c1-34-21-8-6-19(7-9-21)22-10-11-24(28-27-22)31-12-2-4-20(18-31)25(32)29-13-15-30(16-14-29)26(33)23-5-3-17-35-23/h3,5-11,17,20H,2,4,12-16,18H2,1H3/t20-/m1/s1. The van der Waals surface area contributed by atoms with Gasteiger partial charge in [0.05, 0.1) is 25.0 Å². The van der Waals surface area contributed by atoms with Crippen molar-refractivity contribution in [3.8, 4) is 17.0 Å². The van der Waals surface area contributed by atoms with Crippen LogP contribution in [0.4, 0.5) is 5.82 Å². The highest BCUT2D eigenvalue weighted by Gasteiger charge is 2.33. The van der Waals surface area contributed by atoms with E-state index in [0.717, 1.165) is 42.2 Å². The maximum atomic E-state index is 13.3. The monoisotopic (exact) mass is 475 g/mol. The number of carbonyl (C=O) groups excluding carboxylic acids is 2. The number of ether oxygens (including phenoxy) is 1. The van der Waals surface area contributed by atoms with Gasteiger partial charge in [-0.05, 0) is 61.4 Å². The van der Waals surface area contributed by atoms with Gasteiger partial charge in [0, 0.05) is 44.8 Å². The molecule has 2 amide bonds. The quantitative estimate of drug-likeness (QED) is 0.560. The Morgan fingerprint density at radius 3 is 2.37 bits per heavy atom. The third-order valence-electron chi connectivity index (χ3n) is 6.74. The summed E-state index contributed by atoms with van der Waals surface area (Å²) < 4.78 is 10.4. The number of piperazine rings is 1. The Kier molecular flexibility index (Phi) is 6.65. The number of carbonyl (C=O) groups is 2. The molecule has 182 valence electrons. The van der Waals surface area contributed by atoms with E-state index in [4.69, 9.17) is 9.15 Å². The summed E-state index contributed by atoms with van der Waals surface area (Å²) in [5.41, 5.74) is 1.77. The molecule has 3 aromatic rings. The topological polar surface area (TPSA) is 92.0 Å². The first-order chi connectivity index (χ1) is 17.1. The van der Waals surface area contributed by atoms with E-state index in [0.29, 0.717) is 38.5 Å². The first kappa shape index (κ1) is 22.9. The van der Waals surface area contributed by atoms with E-state index in [1.807, 2.05) is 41.3 Å². The third-order valence-corrected chi connectivity index (χ3v) is 6.74. The molecule has 0 aliphatic carbocycles. The van der Waals surface area contributed by atoms with Gasteiger partial charge in [-0.15, -0.1) is 10.2 Å². The summed E-state index contributed by atoms with van der Waals surface area (Å²) in [4.78, 5) is 31.5. The molecule has 5 rings (SSSR count). The van der Waals surface area contributed by atoms with Gasteiger partial charge in [-0.25, -0.2) is 0 Å². The molecule has 2 aromatic heterocycles. The molecule has 2 saturated heterocycles. The predicted molar refractivity (Wildman–Crippen MR) is 130 cm³/mol. The number of hydrogen-bond acceptors (Lipinski definition) is 7. The van der Waals surface area contributed by atoms with Crippen molar-refractivity contribution in [1.82, 2.24) is 20.0 Å². The fraction of sp³-hybridized carbons (Fsp3) is 0.385. The zero-order chi connectivity index (χ0) is 24.2. The van der Waals surface area contributed by atoms with E-state index in [-0.39, 0.29) is 17.7 Å². The van der Waals surface area contributed by atoms with Crippen molar-refractivity contribution in [3.63, 3.8) is 0 Å². The molecule has 0 bridgehead atoms. The van der Waals surface area contributed by atoms with Crippen LogP contribution in [0, 0.1) is 5.92 Å². The molecule has 4 heterocycles. The van der Waals surface area contributed by atoms with Gasteiger partial charge in [-0.2, -0.15) is 0 Å². The minimum Gasteiger partial charge on any atom is -0.497 e. The molecule has 0 saturated carbocycles. The second-order valence-corrected chi connectivity index (χ2v) is 8.89. The van der Waals surface area contributed by atoms with Gasteiger partial charge in [-0.3, -0.25) is 9.59 Å². The Balaban J connectivity index is 1.17. The lowest BCUT2D eigenvalue weighted by atomic mass is 9.96. The van der Waals surface area contributed by atoms with Crippen LogP contribution in [0.1, 0.15) is 23.4 Å². The minimum absolute atomic E-state index is 0.0841. The average molecular weight is 476 g/mol. The number of amides is 2. The van der Waals surface area contributed by atoms with Gasteiger partial charge >= 0.3 is 0 Å². The summed E-state index contributed by atoms with van der Waals surface area (Å²) in [5, 5.41) is 8.86. The highest BCUT2D eigenvalue weighted by atomic mass is 16.5. The number of methoxy groups -OCH3 is 1. The molecule has 2 fully saturated rings. The first-order valence-corrected chi connectivity index (χ1v) is 12.0. The highest BCUT2D eigenvalue weighted by molar-refractivity contribution is 5.91. The first-order valence-electron chi connectivity index (χ1n) is 12.0. The van der Waals surface area contributed by atoms with Gasteiger partial charge in [0.1, 0.15) is 5.75 Å². The highest BCUT2D eigenvalue weighted by Crippen LogP contribution is 2.26. The van der Waals surface area contributed by atoms with Gasteiger partial charge in [0.25, 0.3) is 5.91 Å². The van der Waals surface area contributed by atoms with Crippen molar-refractivity contribution in [1.29, 1.82) is 0 Å². The summed E-state index contributed by atoms with van der Waals surface area (Å²) in [7, 11) is 1.64. The number of piperidine rings is 1. The molecule has 0 unspecified atom stereocenters. The normalized spacial score (nSPS) is 18.4. The van der Waals surface area contributed by atoms with Crippen molar-refractivity contribution in [2.24, 2.45) is 5.92 Å². The molecule has 1 aromatic carbocycles. The van der Waals surface area contributed by atoms with E-state index in [2.05, 4.69) is 15.1 Å². The smallest absolute Gasteiger partial charge is 0.289 e. The van der Waals surface area contributed by atoms with Crippen LogP contribution in [0.5, 0.6) is 5.75 Å². The van der Waals surface area contributed by atoms with Gasteiger partial charge in [0.15, 0.2) is 11.6 Å². The Hall–Kier alpha value is -3.88. The molecular formula is C26H29N5O4. The summed E-state index contributed by atoms with van der Waals surface area (Å²) in [5.74, 6) is 1.87. The fourth-order valence-corrected chi connectivity index (χ4v) is 4.74. The molecular weight excluding hydrogens is 446 g/mol. The molecule has 0 spiro atoms. The summed E-state index contributed by atoms with van der Waals surface area (Å²) in [6.07, 6.45) is 3.28. The van der Waals surface area contributed by atoms with E-state index >= 15 is 0 Å². The van der Waals surface area contributed by atoms with Crippen molar-refractivity contribution >= 4 is 17.6 Å². The lowest BCUT2D eigenvalue weighted by Crippen LogP contribution is -2.53. The Morgan fingerprint density at radius 1 is 0.943 bits per heavy atom. The van der Waals surface area contributed by atoms with E-state index < -0.39 is 0 Å². The van der Waals surface area contributed by atoms with Crippen LogP contribution in [-0.4, -0.2) is 78.2 Å². The van der Waals surface area contributed by atoms with E-state index in [1.54, 1.807) is 24.1 Å². The predicted octanol–water partition coefficient (Wildman–Crippen LogP) is 2.95. The molecule has 0 radical (unpaired) electrons. The summed E-state index contributed by atoms with van der Waals surface area (Å²) >= 11 is 0. The maximum absolute atomic E-state index is 13.3. The summed E-state index contributed by atoms with van der Waals surface area (Å²) in [6, 6.07) is 15.0. The van der Waals surface area contributed by atoms with Crippen molar-refractivity contribution in [2.75, 3.05) is 51.3 Å². The van der Waals surface area contributed by atoms with E-state index in [1.165, 1.54) is 6.26 Å². The molecule has 9 nitrogen and oxygen atoms in total. The van der Waals surface area contributed by atoms with Crippen molar-refractivity contribution in [2.45, 2.75) is 12.8 Å². The third kappa shape index (κ3) is 4.99. The van der Waals surface area contributed by atoms with Crippen LogP contribution in [0.2, 0.25) is 0 Å². The van der Waals surface area contributed by atoms with Gasteiger partial charge in [0.2, 0.25) is 5.91 Å². The Morgan fingerprint density at radius 2 is 1.71 bits per heavy atom. The largest absolute Gasteiger partial charge is 0.497 e. The minimum atomic E-state index is -0.123. The second-order valence-electron chi connectivity index (χ2n) is 8.89. The van der Waals surface area contributed by atoms with Crippen LogP contribution >= 0.6 is 0 Å². The zero-order valence-electron chi connectivity index (χ0n) is 19.8. The number of rotatable bonds is 5. The van der Waals surface area contributed by atoms with Crippen LogP contribution < -0.4 is 9.64 Å². The number of anilines is 1.